The van der Waals surface area contributed by atoms with Crippen LogP contribution in [0.4, 0.5) is 5.82 Å². The van der Waals surface area contributed by atoms with E-state index in [0.717, 1.165) is 10.9 Å². The van der Waals surface area contributed by atoms with Crippen LogP contribution in [-0.4, -0.2) is 9.97 Å². The molecule has 0 aliphatic heterocycles. The molecule has 0 spiro atoms. The molecule has 0 fully saturated rings. The van der Waals surface area contributed by atoms with E-state index in [2.05, 4.69) is 16.3 Å². The van der Waals surface area contributed by atoms with Crippen molar-refractivity contribution in [2.75, 3.05) is 5.73 Å². The number of hydrogen-bond donors (Lipinski definition) is 1. The number of rotatable bonds is 0. The van der Waals surface area contributed by atoms with Crippen LogP contribution in [0.3, 0.4) is 0 Å². The van der Waals surface area contributed by atoms with Crippen molar-refractivity contribution in [3.05, 3.63) is 30.6 Å². The van der Waals surface area contributed by atoms with Crippen molar-refractivity contribution >= 4 is 16.7 Å². The van der Waals surface area contributed by atoms with Gasteiger partial charge in [-0.15, -0.1) is 0 Å². The third-order valence-corrected chi connectivity index (χ3v) is 1.52. The standard InChI is InChI=1S/C8H6N3/c9-8-6-3-1-2-4-7(6)10-5-11-8/h1-4H,(H2,9,10,11). The van der Waals surface area contributed by atoms with Gasteiger partial charge in [-0.05, 0) is 12.1 Å². The number of aromatic nitrogens is 2. The molecule has 1 radical (unpaired) electrons. The van der Waals surface area contributed by atoms with Gasteiger partial charge in [0, 0.05) is 5.39 Å². The van der Waals surface area contributed by atoms with Gasteiger partial charge in [0.25, 0.3) is 0 Å². The zero-order chi connectivity index (χ0) is 7.68. The summed E-state index contributed by atoms with van der Waals surface area (Å²) >= 11 is 0. The van der Waals surface area contributed by atoms with E-state index < -0.39 is 0 Å². The number of para-hydroxylation sites is 1. The quantitative estimate of drug-likeness (QED) is 0.600. The van der Waals surface area contributed by atoms with E-state index in [1.807, 2.05) is 24.3 Å². The molecule has 1 heterocycles. The largest absolute Gasteiger partial charge is 0.383 e. The lowest BCUT2D eigenvalue weighted by Crippen LogP contribution is -1.92. The molecule has 0 saturated heterocycles. The van der Waals surface area contributed by atoms with Gasteiger partial charge in [-0.3, -0.25) is 0 Å². The van der Waals surface area contributed by atoms with Gasteiger partial charge >= 0.3 is 0 Å². The summed E-state index contributed by atoms with van der Waals surface area (Å²) in [6, 6.07) is 7.58. The summed E-state index contributed by atoms with van der Waals surface area (Å²) in [6.45, 7) is 0. The molecule has 0 bridgehead atoms. The van der Waals surface area contributed by atoms with E-state index in [1.165, 1.54) is 0 Å². The monoisotopic (exact) mass is 144 g/mol. The molecule has 2 N–H and O–H groups in total. The molecule has 0 saturated carbocycles. The Bertz CT molecular complexity index is 378. The first-order valence-electron chi connectivity index (χ1n) is 3.26. The van der Waals surface area contributed by atoms with Gasteiger partial charge in [0.15, 0.2) is 6.33 Å². The molecule has 3 nitrogen and oxygen atoms in total. The zero-order valence-electron chi connectivity index (χ0n) is 5.78. The highest BCUT2D eigenvalue weighted by molar-refractivity contribution is 5.87. The van der Waals surface area contributed by atoms with E-state index in [-0.39, 0.29) is 0 Å². The molecule has 2 rings (SSSR count). The Morgan fingerprint density at radius 2 is 2.00 bits per heavy atom. The fourth-order valence-electron chi connectivity index (χ4n) is 0.981. The van der Waals surface area contributed by atoms with Crippen molar-refractivity contribution < 1.29 is 0 Å². The molecular formula is C8H6N3. The van der Waals surface area contributed by atoms with Gasteiger partial charge in [0.05, 0.1) is 5.52 Å². The average Bonchev–Trinajstić information content (AvgIpc) is 2.06. The number of anilines is 1. The molecule has 53 valence electrons. The summed E-state index contributed by atoms with van der Waals surface area (Å²) in [5, 5.41) is 0.881. The molecule has 0 amide bonds. The second kappa shape index (κ2) is 2.20. The van der Waals surface area contributed by atoms with Crippen molar-refractivity contribution in [2.45, 2.75) is 0 Å². The number of nitrogen functional groups attached to an aromatic ring is 1. The summed E-state index contributed by atoms with van der Waals surface area (Å²) < 4.78 is 0. The summed E-state index contributed by atoms with van der Waals surface area (Å²) in [5.41, 5.74) is 6.41. The second-order valence-corrected chi connectivity index (χ2v) is 2.23. The smallest absolute Gasteiger partial charge is 0.200 e. The van der Waals surface area contributed by atoms with Crippen molar-refractivity contribution in [3.8, 4) is 0 Å². The second-order valence-electron chi connectivity index (χ2n) is 2.23. The van der Waals surface area contributed by atoms with E-state index in [1.54, 1.807) is 0 Å². The van der Waals surface area contributed by atoms with Crippen molar-refractivity contribution in [1.29, 1.82) is 0 Å². The van der Waals surface area contributed by atoms with Crippen molar-refractivity contribution in [3.63, 3.8) is 0 Å². The van der Waals surface area contributed by atoms with Gasteiger partial charge in [-0.2, -0.15) is 0 Å². The first-order valence-corrected chi connectivity index (χ1v) is 3.26. The lowest BCUT2D eigenvalue weighted by atomic mass is 10.2. The highest BCUT2D eigenvalue weighted by Crippen LogP contribution is 2.13. The van der Waals surface area contributed by atoms with Crippen LogP contribution < -0.4 is 5.73 Å². The van der Waals surface area contributed by atoms with Gasteiger partial charge in [0.2, 0.25) is 0 Å². The SMILES string of the molecule is Nc1n[c]nc2ccccc12. The van der Waals surface area contributed by atoms with Crippen molar-refractivity contribution in [1.82, 2.24) is 9.97 Å². The van der Waals surface area contributed by atoms with Crippen LogP contribution in [0.2, 0.25) is 0 Å². The third-order valence-electron chi connectivity index (χ3n) is 1.52. The van der Waals surface area contributed by atoms with Crippen LogP contribution >= 0.6 is 0 Å². The average molecular weight is 144 g/mol. The third kappa shape index (κ3) is 0.902. The van der Waals surface area contributed by atoms with Crippen LogP contribution in [0.5, 0.6) is 0 Å². The van der Waals surface area contributed by atoms with E-state index in [4.69, 9.17) is 5.73 Å². The summed E-state index contributed by atoms with van der Waals surface area (Å²) in [5.74, 6) is 0.482. The fraction of sp³-hybridized carbons (Fsp3) is 0. The van der Waals surface area contributed by atoms with E-state index >= 15 is 0 Å². The molecule has 1 aromatic heterocycles. The lowest BCUT2D eigenvalue weighted by molar-refractivity contribution is 1.21. The maximum atomic E-state index is 5.57. The number of benzene rings is 1. The Hall–Kier alpha value is -1.64. The van der Waals surface area contributed by atoms with Crippen molar-refractivity contribution in [2.24, 2.45) is 0 Å². The Kier molecular flexibility index (Phi) is 1.22. The van der Waals surface area contributed by atoms with Gasteiger partial charge < -0.3 is 5.73 Å². The summed E-state index contributed by atoms with van der Waals surface area (Å²) in [6.07, 6.45) is 2.48. The first kappa shape index (κ1) is 6.09. The molecule has 0 aliphatic rings. The maximum Gasteiger partial charge on any atom is 0.200 e. The predicted molar refractivity (Wildman–Crippen MR) is 42.8 cm³/mol. The molecule has 2 aromatic rings. The highest BCUT2D eigenvalue weighted by Gasteiger charge is 1.96. The van der Waals surface area contributed by atoms with Crippen LogP contribution in [0.15, 0.2) is 24.3 Å². The van der Waals surface area contributed by atoms with Crippen LogP contribution in [-0.2, 0) is 0 Å². The molecule has 0 atom stereocenters. The molecular weight excluding hydrogens is 138 g/mol. The normalized spacial score (nSPS) is 10.2. The minimum atomic E-state index is 0.482. The molecule has 1 aromatic carbocycles. The van der Waals surface area contributed by atoms with Gasteiger partial charge in [-0.25, -0.2) is 9.97 Å². The van der Waals surface area contributed by atoms with Gasteiger partial charge in [0.1, 0.15) is 5.82 Å². The Labute approximate surface area is 63.9 Å². The van der Waals surface area contributed by atoms with Crippen LogP contribution in [0.1, 0.15) is 0 Å². The molecule has 3 heteroatoms. The minimum absolute atomic E-state index is 0.482. The molecule has 11 heavy (non-hydrogen) atoms. The Morgan fingerprint density at radius 1 is 1.18 bits per heavy atom. The number of nitrogens with two attached hydrogens (primary N) is 1. The Balaban J connectivity index is 2.91. The maximum absolute atomic E-state index is 5.57. The van der Waals surface area contributed by atoms with E-state index in [0.29, 0.717) is 5.82 Å². The van der Waals surface area contributed by atoms with E-state index in [9.17, 15) is 0 Å². The number of nitrogens with zero attached hydrogens (tertiary/aromatic N) is 2. The van der Waals surface area contributed by atoms with Crippen LogP contribution in [0.25, 0.3) is 10.9 Å². The molecule has 0 unspecified atom stereocenters. The number of fused-ring (bicyclic) bond motifs is 1. The summed E-state index contributed by atoms with van der Waals surface area (Å²) in [7, 11) is 0. The number of hydrogen-bond acceptors (Lipinski definition) is 3. The lowest BCUT2D eigenvalue weighted by Gasteiger charge is -1.96. The summed E-state index contributed by atoms with van der Waals surface area (Å²) in [4.78, 5) is 7.67. The topological polar surface area (TPSA) is 51.8 Å². The molecule has 0 aliphatic carbocycles. The fourth-order valence-corrected chi connectivity index (χ4v) is 0.981. The van der Waals surface area contributed by atoms with Crippen LogP contribution in [0, 0.1) is 6.33 Å². The first-order chi connectivity index (χ1) is 5.38. The minimum Gasteiger partial charge on any atom is -0.383 e. The van der Waals surface area contributed by atoms with Gasteiger partial charge in [-0.1, -0.05) is 12.1 Å². The predicted octanol–water partition coefficient (Wildman–Crippen LogP) is 1.01. The zero-order valence-corrected chi connectivity index (χ0v) is 5.78. The highest BCUT2D eigenvalue weighted by atomic mass is 14.9. The Morgan fingerprint density at radius 3 is 2.82 bits per heavy atom.